The van der Waals surface area contributed by atoms with E-state index in [1.165, 1.54) is 11.2 Å². The van der Waals surface area contributed by atoms with Crippen LogP contribution in [0.1, 0.15) is 36.2 Å². The largest absolute Gasteiger partial charge is 0.503 e. The number of benzene rings is 2. The standard InChI is InChI=1S/C26H21NO6/c1-15(2)32-18-11-9-17(10-12-18)27-23(20-8-5-13-31-20)22(25(29)26(27)30)24(28)21-14-16-6-3-4-7-19(16)33-21/h3-15,23,29H,1-2H3. The first-order valence-electron chi connectivity index (χ1n) is 10.5. The summed E-state index contributed by atoms with van der Waals surface area (Å²) in [5.74, 6) is -0.900. The molecule has 0 bridgehead atoms. The highest BCUT2D eigenvalue weighted by Gasteiger charge is 2.46. The van der Waals surface area contributed by atoms with Crippen LogP contribution < -0.4 is 9.64 Å². The molecule has 1 N–H and O–H groups in total. The summed E-state index contributed by atoms with van der Waals surface area (Å²) in [4.78, 5) is 28.0. The maximum atomic E-state index is 13.5. The van der Waals surface area contributed by atoms with Crippen molar-refractivity contribution in [1.82, 2.24) is 0 Å². The Morgan fingerprint density at radius 2 is 1.82 bits per heavy atom. The molecule has 7 nitrogen and oxygen atoms in total. The zero-order valence-electron chi connectivity index (χ0n) is 18.0. The van der Waals surface area contributed by atoms with E-state index in [2.05, 4.69) is 0 Å². The van der Waals surface area contributed by atoms with Crippen LogP contribution in [0.5, 0.6) is 5.75 Å². The predicted octanol–water partition coefficient (Wildman–Crippen LogP) is 5.60. The van der Waals surface area contributed by atoms with Crippen molar-refractivity contribution < 1.29 is 28.3 Å². The van der Waals surface area contributed by atoms with E-state index in [0.29, 0.717) is 22.8 Å². The van der Waals surface area contributed by atoms with Gasteiger partial charge in [-0.15, -0.1) is 0 Å². The molecule has 0 saturated carbocycles. The first-order chi connectivity index (χ1) is 15.9. The highest BCUT2D eigenvalue weighted by molar-refractivity contribution is 6.20. The molecule has 166 valence electrons. The lowest BCUT2D eigenvalue weighted by Crippen LogP contribution is -2.30. The molecule has 2 aromatic heterocycles. The number of hydrogen-bond acceptors (Lipinski definition) is 6. The normalized spacial score (nSPS) is 16.3. The molecule has 0 aliphatic carbocycles. The Labute approximate surface area is 189 Å². The molecule has 33 heavy (non-hydrogen) atoms. The Hall–Kier alpha value is -4.26. The third-order valence-corrected chi connectivity index (χ3v) is 5.40. The second kappa shape index (κ2) is 8.02. The SMILES string of the molecule is CC(C)Oc1ccc(N2C(=O)C(O)=C(C(=O)c3cc4ccccc4o3)C2c2ccco2)cc1. The number of carbonyl (C=O) groups excluding carboxylic acids is 2. The molecule has 0 radical (unpaired) electrons. The highest BCUT2D eigenvalue weighted by Crippen LogP contribution is 2.42. The van der Waals surface area contributed by atoms with Crippen LogP contribution in [0.2, 0.25) is 0 Å². The second-order valence-corrected chi connectivity index (χ2v) is 7.99. The molecule has 0 saturated heterocycles. The number of ether oxygens (including phenoxy) is 1. The molecule has 4 aromatic rings. The van der Waals surface area contributed by atoms with Gasteiger partial charge in [0.25, 0.3) is 5.91 Å². The van der Waals surface area contributed by atoms with Crippen LogP contribution in [0.15, 0.2) is 93.2 Å². The fraction of sp³-hybridized carbons (Fsp3) is 0.154. The van der Waals surface area contributed by atoms with E-state index in [4.69, 9.17) is 13.6 Å². The highest BCUT2D eigenvalue weighted by atomic mass is 16.5. The third-order valence-electron chi connectivity index (χ3n) is 5.40. The molecular formula is C26H21NO6. The fourth-order valence-corrected chi connectivity index (χ4v) is 4.00. The summed E-state index contributed by atoms with van der Waals surface area (Å²) in [7, 11) is 0. The first-order valence-corrected chi connectivity index (χ1v) is 10.5. The minimum Gasteiger partial charge on any atom is -0.503 e. The van der Waals surface area contributed by atoms with Crippen LogP contribution in [0.4, 0.5) is 5.69 Å². The molecule has 1 aliphatic heterocycles. The van der Waals surface area contributed by atoms with Gasteiger partial charge in [-0.05, 0) is 62.4 Å². The number of ketones is 1. The topological polar surface area (TPSA) is 93.1 Å². The van der Waals surface area contributed by atoms with Gasteiger partial charge in [0.05, 0.1) is 17.9 Å². The molecule has 5 rings (SSSR count). The maximum absolute atomic E-state index is 13.5. The summed E-state index contributed by atoms with van der Waals surface area (Å²) >= 11 is 0. The van der Waals surface area contributed by atoms with E-state index in [1.54, 1.807) is 54.6 Å². The van der Waals surface area contributed by atoms with E-state index >= 15 is 0 Å². The second-order valence-electron chi connectivity index (χ2n) is 7.99. The molecule has 2 aromatic carbocycles. The number of furan rings is 2. The lowest BCUT2D eigenvalue weighted by atomic mass is 9.99. The van der Waals surface area contributed by atoms with Crippen molar-refractivity contribution in [3.8, 4) is 5.75 Å². The molecule has 1 amide bonds. The molecule has 0 spiro atoms. The van der Waals surface area contributed by atoms with Gasteiger partial charge in [0.1, 0.15) is 23.1 Å². The van der Waals surface area contributed by atoms with Gasteiger partial charge in [0.2, 0.25) is 5.78 Å². The van der Waals surface area contributed by atoms with Gasteiger partial charge < -0.3 is 18.7 Å². The van der Waals surface area contributed by atoms with Gasteiger partial charge in [-0.25, -0.2) is 0 Å². The fourth-order valence-electron chi connectivity index (χ4n) is 4.00. The smallest absolute Gasteiger partial charge is 0.294 e. The monoisotopic (exact) mass is 443 g/mol. The van der Waals surface area contributed by atoms with Crippen LogP contribution in [0.3, 0.4) is 0 Å². The van der Waals surface area contributed by atoms with Crippen molar-refractivity contribution in [3.05, 3.63) is 95.8 Å². The quantitative estimate of drug-likeness (QED) is 0.390. The number of nitrogens with zero attached hydrogens (tertiary/aromatic N) is 1. The van der Waals surface area contributed by atoms with Crippen LogP contribution in [-0.4, -0.2) is 22.9 Å². The molecule has 1 atom stereocenters. The van der Waals surface area contributed by atoms with Crippen molar-refractivity contribution >= 4 is 28.3 Å². The van der Waals surface area contributed by atoms with Crippen molar-refractivity contribution in [1.29, 1.82) is 0 Å². The maximum Gasteiger partial charge on any atom is 0.294 e. The average molecular weight is 443 g/mol. The number of amides is 1. The number of aliphatic hydroxyl groups is 1. The minimum atomic E-state index is -0.954. The predicted molar refractivity (Wildman–Crippen MR) is 121 cm³/mol. The Kier molecular flexibility index (Phi) is 5.01. The van der Waals surface area contributed by atoms with Gasteiger partial charge in [-0.2, -0.15) is 0 Å². The van der Waals surface area contributed by atoms with E-state index in [0.717, 1.165) is 5.39 Å². The van der Waals surface area contributed by atoms with Gasteiger partial charge in [-0.3, -0.25) is 14.5 Å². The van der Waals surface area contributed by atoms with Crippen molar-refractivity contribution in [2.24, 2.45) is 0 Å². The summed E-state index contributed by atoms with van der Waals surface area (Å²) in [5.41, 5.74) is 0.922. The summed E-state index contributed by atoms with van der Waals surface area (Å²) in [6.45, 7) is 3.84. The van der Waals surface area contributed by atoms with Crippen molar-refractivity contribution in [2.75, 3.05) is 4.90 Å². The molecule has 1 unspecified atom stereocenters. The van der Waals surface area contributed by atoms with Gasteiger partial charge in [0.15, 0.2) is 11.5 Å². The Balaban J connectivity index is 1.57. The Bertz CT molecular complexity index is 1330. The third kappa shape index (κ3) is 3.57. The molecule has 3 heterocycles. The lowest BCUT2D eigenvalue weighted by molar-refractivity contribution is -0.117. The van der Waals surface area contributed by atoms with Crippen molar-refractivity contribution in [3.63, 3.8) is 0 Å². The number of hydrogen-bond donors (Lipinski definition) is 1. The number of fused-ring (bicyclic) bond motifs is 1. The van der Waals surface area contributed by atoms with Crippen LogP contribution in [0, 0.1) is 0 Å². The van der Waals surface area contributed by atoms with Gasteiger partial charge in [0, 0.05) is 11.1 Å². The van der Waals surface area contributed by atoms with E-state index in [1.807, 2.05) is 26.0 Å². The Morgan fingerprint density at radius 3 is 2.48 bits per heavy atom. The number of Topliss-reactive ketones (excluding diaryl/α,β-unsaturated/α-hetero) is 1. The van der Waals surface area contributed by atoms with E-state index < -0.39 is 23.5 Å². The molecule has 7 heteroatoms. The van der Waals surface area contributed by atoms with Crippen molar-refractivity contribution in [2.45, 2.75) is 26.0 Å². The molecule has 1 aliphatic rings. The average Bonchev–Trinajstić information content (AvgIpc) is 3.53. The Morgan fingerprint density at radius 1 is 1.06 bits per heavy atom. The van der Waals surface area contributed by atoms with E-state index in [9.17, 15) is 14.7 Å². The number of rotatable bonds is 6. The number of para-hydroxylation sites is 1. The minimum absolute atomic E-state index is 0.00104. The van der Waals surface area contributed by atoms with Crippen LogP contribution in [0.25, 0.3) is 11.0 Å². The number of aliphatic hydroxyl groups excluding tert-OH is 1. The first kappa shape index (κ1) is 20.6. The summed E-state index contributed by atoms with van der Waals surface area (Å²) < 4.78 is 17.0. The number of carbonyl (C=O) groups is 2. The zero-order valence-corrected chi connectivity index (χ0v) is 18.0. The number of anilines is 1. The van der Waals surface area contributed by atoms with Crippen LogP contribution in [-0.2, 0) is 4.79 Å². The summed E-state index contributed by atoms with van der Waals surface area (Å²) in [5, 5.41) is 11.5. The summed E-state index contributed by atoms with van der Waals surface area (Å²) in [6, 6.07) is 18.0. The molecular weight excluding hydrogens is 422 g/mol. The summed E-state index contributed by atoms with van der Waals surface area (Å²) in [6.07, 6.45) is 1.45. The van der Waals surface area contributed by atoms with Crippen LogP contribution >= 0.6 is 0 Å². The lowest BCUT2D eigenvalue weighted by Gasteiger charge is -2.25. The van der Waals surface area contributed by atoms with E-state index in [-0.39, 0.29) is 17.4 Å². The molecule has 0 fully saturated rings. The van der Waals surface area contributed by atoms with Gasteiger partial charge in [-0.1, -0.05) is 18.2 Å². The zero-order chi connectivity index (χ0) is 23.1. The van der Waals surface area contributed by atoms with Gasteiger partial charge >= 0.3 is 0 Å².